The average molecular weight is 532 g/mol. The second-order valence-corrected chi connectivity index (χ2v) is 10.2. The van der Waals surface area contributed by atoms with Crippen molar-refractivity contribution in [1.82, 2.24) is 30.1 Å². The Hall–Kier alpha value is -4.14. The molecule has 2 aromatic carbocycles. The Morgan fingerprint density at radius 3 is 2.68 bits per heavy atom. The quantitative estimate of drug-likeness (QED) is 0.452. The molecule has 3 aromatic rings. The zero-order valence-electron chi connectivity index (χ0n) is 21.3. The number of benzene rings is 2. The third kappa shape index (κ3) is 4.64. The van der Waals surface area contributed by atoms with E-state index in [9.17, 15) is 14.4 Å². The van der Waals surface area contributed by atoms with Crippen molar-refractivity contribution >= 4 is 44.5 Å². The summed E-state index contributed by atoms with van der Waals surface area (Å²) in [6.07, 6.45) is 5.39. The number of nitrogens with zero attached hydrogens (tertiary/aromatic N) is 5. The zero-order chi connectivity index (χ0) is 26.8. The van der Waals surface area contributed by atoms with Gasteiger partial charge in [-0.05, 0) is 17.2 Å². The molecule has 38 heavy (non-hydrogen) atoms. The van der Waals surface area contributed by atoms with E-state index in [-0.39, 0.29) is 31.4 Å². The number of carbonyl (C=O) groups is 3. The Bertz CT molecular complexity index is 1400. The van der Waals surface area contributed by atoms with Crippen LogP contribution in [0.1, 0.15) is 11.1 Å². The van der Waals surface area contributed by atoms with Crippen LogP contribution in [0.15, 0.2) is 48.5 Å². The SMILES string of the molecule is C#CCN(C(=O)NC)N1CC(=O)N2[C@@H](Cc3ccccc3)C(=O)N(Cc3cccc4sc(NC)nc34)C[C@@H]21. The number of amides is 4. The number of hydrazine groups is 1. The van der Waals surface area contributed by atoms with Crippen LogP contribution in [0.25, 0.3) is 10.2 Å². The Morgan fingerprint density at radius 1 is 1.18 bits per heavy atom. The molecule has 11 heteroatoms. The van der Waals surface area contributed by atoms with Gasteiger partial charge in [0.1, 0.15) is 12.2 Å². The van der Waals surface area contributed by atoms with Gasteiger partial charge in [-0.2, -0.15) is 5.01 Å². The molecule has 3 heterocycles. The molecule has 2 aliphatic rings. The highest BCUT2D eigenvalue weighted by molar-refractivity contribution is 7.22. The topological polar surface area (TPSA) is 101 Å². The smallest absolute Gasteiger partial charge is 0.332 e. The van der Waals surface area contributed by atoms with Crippen LogP contribution in [0.2, 0.25) is 0 Å². The maximum Gasteiger partial charge on any atom is 0.332 e. The van der Waals surface area contributed by atoms with Gasteiger partial charge in [0.25, 0.3) is 0 Å². The summed E-state index contributed by atoms with van der Waals surface area (Å²) in [4.78, 5) is 48.1. The number of hydrogen-bond donors (Lipinski definition) is 2. The average Bonchev–Trinajstić information content (AvgIpc) is 3.51. The van der Waals surface area contributed by atoms with Crippen LogP contribution >= 0.6 is 11.3 Å². The van der Waals surface area contributed by atoms with E-state index in [0.717, 1.165) is 26.5 Å². The molecule has 0 bridgehead atoms. The molecule has 0 spiro atoms. The number of nitrogens with one attached hydrogen (secondary N) is 2. The number of hydrogen-bond acceptors (Lipinski definition) is 7. The van der Waals surface area contributed by atoms with Crippen molar-refractivity contribution < 1.29 is 14.4 Å². The van der Waals surface area contributed by atoms with E-state index in [1.807, 2.05) is 55.6 Å². The van der Waals surface area contributed by atoms with Gasteiger partial charge in [-0.15, -0.1) is 6.42 Å². The number of fused-ring (bicyclic) bond motifs is 2. The van der Waals surface area contributed by atoms with Gasteiger partial charge in [0.2, 0.25) is 11.8 Å². The molecule has 2 N–H and O–H groups in total. The van der Waals surface area contributed by atoms with E-state index < -0.39 is 18.2 Å². The van der Waals surface area contributed by atoms with E-state index in [1.165, 1.54) is 12.1 Å². The lowest BCUT2D eigenvalue weighted by Gasteiger charge is -2.46. The molecule has 0 unspecified atom stereocenters. The molecule has 2 saturated heterocycles. The monoisotopic (exact) mass is 531 g/mol. The van der Waals surface area contributed by atoms with Crippen molar-refractivity contribution in [1.29, 1.82) is 0 Å². The van der Waals surface area contributed by atoms with Gasteiger partial charge in [-0.3, -0.25) is 9.59 Å². The maximum absolute atomic E-state index is 14.0. The fourth-order valence-corrected chi connectivity index (χ4v) is 6.04. The Labute approximate surface area is 225 Å². The third-order valence-corrected chi connectivity index (χ3v) is 7.95. The predicted octanol–water partition coefficient (Wildman–Crippen LogP) is 1.95. The summed E-state index contributed by atoms with van der Waals surface area (Å²) in [5.41, 5.74) is 2.71. The molecule has 0 radical (unpaired) electrons. The maximum atomic E-state index is 14.0. The lowest BCUT2D eigenvalue weighted by molar-refractivity contribution is -0.157. The summed E-state index contributed by atoms with van der Waals surface area (Å²) in [6.45, 7) is 0.516. The van der Waals surface area contributed by atoms with Gasteiger partial charge in [0.05, 0.1) is 29.9 Å². The highest BCUT2D eigenvalue weighted by Gasteiger charge is 2.52. The number of para-hydroxylation sites is 1. The molecule has 2 aliphatic heterocycles. The van der Waals surface area contributed by atoms with Crippen molar-refractivity contribution in [2.24, 2.45) is 0 Å². The van der Waals surface area contributed by atoms with Crippen LogP contribution < -0.4 is 10.6 Å². The van der Waals surface area contributed by atoms with Gasteiger partial charge in [0, 0.05) is 27.1 Å². The Kier molecular flexibility index (Phi) is 7.18. The fourth-order valence-electron chi connectivity index (χ4n) is 5.17. The van der Waals surface area contributed by atoms with Crippen molar-refractivity contribution in [3.8, 4) is 12.3 Å². The number of anilines is 1. The molecule has 0 saturated carbocycles. The number of piperazine rings is 1. The van der Waals surface area contributed by atoms with Gasteiger partial charge in [0.15, 0.2) is 5.13 Å². The number of carbonyl (C=O) groups excluding carboxylic acids is 3. The number of terminal acetylenes is 1. The van der Waals surface area contributed by atoms with Gasteiger partial charge < -0.3 is 20.4 Å². The van der Waals surface area contributed by atoms with E-state index in [1.54, 1.807) is 26.1 Å². The largest absolute Gasteiger partial charge is 0.365 e. The lowest BCUT2D eigenvalue weighted by Crippen LogP contribution is -2.66. The van der Waals surface area contributed by atoms with Crippen LogP contribution in [0.3, 0.4) is 0 Å². The molecule has 4 amide bonds. The highest BCUT2D eigenvalue weighted by Crippen LogP contribution is 2.32. The van der Waals surface area contributed by atoms with Crippen LogP contribution in [-0.4, -0.2) is 88.6 Å². The van der Waals surface area contributed by atoms with Crippen molar-refractivity contribution in [3.05, 3.63) is 59.7 Å². The van der Waals surface area contributed by atoms with Crippen LogP contribution in [-0.2, 0) is 22.6 Å². The third-order valence-electron chi connectivity index (χ3n) is 6.92. The first-order valence-corrected chi connectivity index (χ1v) is 13.2. The molecular weight excluding hydrogens is 502 g/mol. The van der Waals surface area contributed by atoms with E-state index in [4.69, 9.17) is 11.4 Å². The summed E-state index contributed by atoms with van der Waals surface area (Å²) in [7, 11) is 3.35. The van der Waals surface area contributed by atoms with Crippen LogP contribution in [0, 0.1) is 12.3 Å². The van der Waals surface area contributed by atoms with Crippen molar-refractivity contribution in [3.63, 3.8) is 0 Å². The van der Waals surface area contributed by atoms with E-state index in [2.05, 4.69) is 16.6 Å². The first-order valence-electron chi connectivity index (χ1n) is 12.3. The van der Waals surface area contributed by atoms with Crippen LogP contribution in [0.4, 0.5) is 9.93 Å². The van der Waals surface area contributed by atoms with Gasteiger partial charge in [-0.1, -0.05) is 59.7 Å². The summed E-state index contributed by atoms with van der Waals surface area (Å²) in [6, 6.07) is 14.5. The highest BCUT2D eigenvalue weighted by atomic mass is 32.1. The number of aromatic nitrogens is 1. The summed E-state index contributed by atoms with van der Waals surface area (Å²) >= 11 is 1.55. The minimum Gasteiger partial charge on any atom is -0.365 e. The zero-order valence-corrected chi connectivity index (χ0v) is 22.1. The molecule has 10 nitrogen and oxygen atoms in total. The predicted molar refractivity (Wildman–Crippen MR) is 146 cm³/mol. The molecule has 0 aliphatic carbocycles. The van der Waals surface area contributed by atoms with Gasteiger partial charge >= 0.3 is 6.03 Å². The summed E-state index contributed by atoms with van der Waals surface area (Å²) in [5, 5.41) is 9.54. The molecule has 2 fully saturated rings. The lowest BCUT2D eigenvalue weighted by atomic mass is 10.00. The second-order valence-electron chi connectivity index (χ2n) is 9.15. The number of thiazole rings is 1. The minimum absolute atomic E-state index is 0.000479. The summed E-state index contributed by atoms with van der Waals surface area (Å²) in [5.74, 6) is 2.16. The number of urea groups is 1. The first-order chi connectivity index (χ1) is 18.4. The molecular formula is C27H29N7O3S. The Balaban J connectivity index is 1.52. The Morgan fingerprint density at radius 2 is 1.97 bits per heavy atom. The minimum atomic E-state index is -0.714. The van der Waals surface area contributed by atoms with Crippen molar-refractivity contribution in [2.45, 2.75) is 25.2 Å². The molecule has 5 rings (SSSR count). The summed E-state index contributed by atoms with van der Waals surface area (Å²) < 4.78 is 1.02. The normalized spacial score (nSPS) is 19.4. The van der Waals surface area contributed by atoms with Crippen LogP contribution in [0.5, 0.6) is 0 Å². The van der Waals surface area contributed by atoms with E-state index in [0.29, 0.717) is 13.0 Å². The van der Waals surface area contributed by atoms with Gasteiger partial charge in [-0.25, -0.2) is 14.8 Å². The first kappa shape index (κ1) is 25.5. The number of rotatable bonds is 7. The second kappa shape index (κ2) is 10.7. The molecule has 2 atom stereocenters. The standard InChI is InChI=1S/C27H29N7O3S/c1-4-13-32(27(37)29-3)33-17-23(35)34-20(14-18-9-6-5-7-10-18)25(36)31(16-22(33)34)15-19-11-8-12-21-24(19)30-26(28-2)38-21/h1,5-12,20,22H,13-17H2,2-3H3,(H,28,30)(H,29,37)/t20-,22+/m0/s1. The van der Waals surface area contributed by atoms with E-state index >= 15 is 0 Å². The fraction of sp³-hybridized carbons (Fsp3) is 0.333. The van der Waals surface area contributed by atoms with Crippen molar-refractivity contribution in [2.75, 3.05) is 39.0 Å². The molecule has 196 valence electrons. The molecule has 1 aromatic heterocycles.